The van der Waals surface area contributed by atoms with Crippen LogP contribution in [-0.4, -0.2) is 6.61 Å². The van der Waals surface area contributed by atoms with E-state index in [0.29, 0.717) is 33.9 Å². The van der Waals surface area contributed by atoms with Gasteiger partial charge < -0.3 is 10.1 Å². The van der Waals surface area contributed by atoms with Crippen LogP contribution in [0.4, 0.5) is 5.69 Å². The first-order valence-corrected chi connectivity index (χ1v) is 7.33. The zero-order chi connectivity index (χ0) is 14.5. The number of benzene rings is 2. The fourth-order valence-electron chi connectivity index (χ4n) is 1.81. The van der Waals surface area contributed by atoms with Crippen LogP contribution in [0.25, 0.3) is 0 Å². The third-order valence-electron chi connectivity index (χ3n) is 2.69. The predicted octanol–water partition coefficient (Wildman–Crippen LogP) is 5.66. The third kappa shape index (κ3) is 3.95. The van der Waals surface area contributed by atoms with Crippen LogP contribution >= 0.6 is 34.8 Å². The molecule has 0 heterocycles. The summed E-state index contributed by atoms with van der Waals surface area (Å²) in [4.78, 5) is 0. The molecule has 1 N–H and O–H groups in total. The molecule has 0 atom stereocenters. The number of hydrogen-bond donors (Lipinski definition) is 1. The molecule has 0 bridgehead atoms. The third-order valence-corrected chi connectivity index (χ3v) is 3.50. The lowest BCUT2D eigenvalue weighted by molar-refractivity contribution is 0.340. The van der Waals surface area contributed by atoms with E-state index in [-0.39, 0.29) is 0 Å². The minimum Gasteiger partial charge on any atom is -0.494 e. The highest BCUT2D eigenvalue weighted by molar-refractivity contribution is 6.41. The van der Waals surface area contributed by atoms with Gasteiger partial charge in [-0.3, -0.25) is 0 Å². The largest absolute Gasteiger partial charge is 0.494 e. The Balaban J connectivity index is 2.11. The van der Waals surface area contributed by atoms with Gasteiger partial charge in [0, 0.05) is 11.6 Å². The highest BCUT2D eigenvalue weighted by Crippen LogP contribution is 2.34. The average molecular weight is 331 g/mol. The monoisotopic (exact) mass is 329 g/mol. The van der Waals surface area contributed by atoms with Gasteiger partial charge in [-0.05, 0) is 36.8 Å². The summed E-state index contributed by atoms with van der Waals surface area (Å²) in [7, 11) is 0. The second-order valence-electron chi connectivity index (χ2n) is 4.18. The lowest BCUT2D eigenvalue weighted by Gasteiger charge is -2.12. The van der Waals surface area contributed by atoms with Crippen molar-refractivity contribution in [3.63, 3.8) is 0 Å². The molecule has 0 aromatic heterocycles. The van der Waals surface area contributed by atoms with Gasteiger partial charge in [0.1, 0.15) is 5.75 Å². The molecule has 2 nitrogen and oxygen atoms in total. The van der Waals surface area contributed by atoms with Crippen LogP contribution in [0.5, 0.6) is 5.75 Å². The molecule has 2 aromatic rings. The van der Waals surface area contributed by atoms with E-state index in [1.807, 2.05) is 31.2 Å². The van der Waals surface area contributed by atoms with Gasteiger partial charge >= 0.3 is 0 Å². The van der Waals surface area contributed by atoms with Crippen LogP contribution in [0.3, 0.4) is 0 Å². The first-order chi connectivity index (χ1) is 9.60. The van der Waals surface area contributed by atoms with Crippen LogP contribution in [-0.2, 0) is 6.54 Å². The number of ether oxygens (including phenoxy) is 1. The molecule has 0 aliphatic rings. The molecule has 2 rings (SSSR count). The molecule has 0 unspecified atom stereocenters. The second-order valence-corrected chi connectivity index (χ2v) is 5.43. The Labute approximate surface area is 133 Å². The van der Waals surface area contributed by atoms with Gasteiger partial charge in [-0.15, -0.1) is 0 Å². The molecular formula is C15H14Cl3NO. The Hall–Kier alpha value is -1.09. The number of anilines is 1. The molecular weight excluding hydrogens is 317 g/mol. The fraction of sp³-hybridized carbons (Fsp3) is 0.200. The predicted molar refractivity (Wildman–Crippen MR) is 86.4 cm³/mol. The molecule has 106 valence electrons. The smallest absolute Gasteiger partial charge is 0.119 e. The van der Waals surface area contributed by atoms with Crippen molar-refractivity contribution in [2.75, 3.05) is 11.9 Å². The van der Waals surface area contributed by atoms with Gasteiger partial charge in [-0.1, -0.05) is 46.9 Å². The summed E-state index contributed by atoms with van der Waals surface area (Å²) in [6.45, 7) is 3.20. The molecule has 0 fully saturated rings. The second kappa shape index (κ2) is 7.07. The molecule has 0 aliphatic carbocycles. The summed E-state index contributed by atoms with van der Waals surface area (Å²) in [5, 5.41) is 4.74. The van der Waals surface area contributed by atoms with Crippen molar-refractivity contribution < 1.29 is 4.74 Å². The molecule has 2 aromatic carbocycles. The Morgan fingerprint density at radius 2 is 1.75 bits per heavy atom. The van der Waals surface area contributed by atoms with Crippen molar-refractivity contribution in [2.24, 2.45) is 0 Å². The zero-order valence-corrected chi connectivity index (χ0v) is 13.2. The zero-order valence-electron chi connectivity index (χ0n) is 10.9. The summed E-state index contributed by atoms with van der Waals surface area (Å²) in [5.41, 5.74) is 1.76. The maximum absolute atomic E-state index is 6.13. The Morgan fingerprint density at radius 1 is 1.05 bits per heavy atom. The maximum atomic E-state index is 6.13. The summed E-state index contributed by atoms with van der Waals surface area (Å²) in [5.74, 6) is 0.847. The lowest BCUT2D eigenvalue weighted by Crippen LogP contribution is -2.01. The lowest BCUT2D eigenvalue weighted by atomic mass is 10.2. The molecule has 0 aliphatic heterocycles. The normalized spacial score (nSPS) is 10.4. The standard InChI is InChI=1S/C15H14Cl3NO/c1-2-20-12-5-3-4-10(6-12)9-19-15-13(17)7-11(16)8-14(15)18/h3-8,19H,2,9H2,1H3. The van der Waals surface area contributed by atoms with Crippen LogP contribution in [0.1, 0.15) is 12.5 Å². The Bertz CT molecular complexity index is 578. The van der Waals surface area contributed by atoms with Gasteiger partial charge in [0.15, 0.2) is 0 Å². The van der Waals surface area contributed by atoms with Crippen molar-refractivity contribution in [1.82, 2.24) is 0 Å². The van der Waals surface area contributed by atoms with Crippen molar-refractivity contribution in [2.45, 2.75) is 13.5 Å². The Morgan fingerprint density at radius 3 is 2.40 bits per heavy atom. The summed E-state index contributed by atoms with van der Waals surface area (Å²) < 4.78 is 5.46. The average Bonchev–Trinajstić information content (AvgIpc) is 2.38. The topological polar surface area (TPSA) is 21.3 Å². The van der Waals surface area contributed by atoms with Crippen molar-refractivity contribution in [1.29, 1.82) is 0 Å². The number of nitrogens with one attached hydrogen (secondary N) is 1. The first kappa shape index (κ1) is 15.3. The van der Waals surface area contributed by atoms with Gasteiger partial charge in [-0.25, -0.2) is 0 Å². The minimum atomic E-state index is 0.503. The van der Waals surface area contributed by atoms with Gasteiger partial charge in [0.2, 0.25) is 0 Å². The minimum absolute atomic E-state index is 0.503. The summed E-state index contributed by atoms with van der Waals surface area (Å²) in [6.07, 6.45) is 0. The number of hydrogen-bond acceptors (Lipinski definition) is 2. The molecule has 5 heteroatoms. The van der Waals surface area contributed by atoms with Crippen LogP contribution in [0, 0.1) is 0 Å². The van der Waals surface area contributed by atoms with E-state index in [4.69, 9.17) is 39.5 Å². The summed E-state index contributed by atoms with van der Waals surface area (Å²) in [6, 6.07) is 11.2. The molecule has 0 saturated heterocycles. The van der Waals surface area contributed by atoms with E-state index in [1.165, 1.54) is 0 Å². The van der Waals surface area contributed by atoms with Crippen molar-refractivity contribution in [3.05, 3.63) is 57.0 Å². The molecule has 0 radical (unpaired) electrons. The highest BCUT2D eigenvalue weighted by Gasteiger charge is 2.07. The Kier molecular flexibility index (Phi) is 5.41. The van der Waals surface area contributed by atoms with Gasteiger partial charge in [0.25, 0.3) is 0 Å². The van der Waals surface area contributed by atoms with Gasteiger partial charge in [0.05, 0.1) is 22.3 Å². The molecule has 0 amide bonds. The maximum Gasteiger partial charge on any atom is 0.119 e. The molecule has 0 saturated carbocycles. The van der Waals surface area contributed by atoms with Crippen LogP contribution in [0.15, 0.2) is 36.4 Å². The van der Waals surface area contributed by atoms with E-state index in [2.05, 4.69) is 5.32 Å². The van der Waals surface area contributed by atoms with E-state index >= 15 is 0 Å². The highest BCUT2D eigenvalue weighted by atomic mass is 35.5. The molecule has 20 heavy (non-hydrogen) atoms. The van der Waals surface area contributed by atoms with Crippen molar-refractivity contribution in [3.8, 4) is 5.75 Å². The van der Waals surface area contributed by atoms with E-state index in [0.717, 1.165) is 11.3 Å². The quantitative estimate of drug-likeness (QED) is 0.764. The first-order valence-electron chi connectivity index (χ1n) is 6.20. The van der Waals surface area contributed by atoms with E-state index < -0.39 is 0 Å². The number of rotatable bonds is 5. The summed E-state index contributed by atoms with van der Waals surface area (Å²) >= 11 is 18.1. The SMILES string of the molecule is CCOc1cccc(CNc2c(Cl)cc(Cl)cc2Cl)c1. The number of halogens is 3. The van der Waals surface area contributed by atoms with Gasteiger partial charge in [-0.2, -0.15) is 0 Å². The fourth-order valence-corrected chi connectivity index (χ4v) is 2.76. The van der Waals surface area contributed by atoms with E-state index in [9.17, 15) is 0 Å². The molecule has 0 spiro atoms. The van der Waals surface area contributed by atoms with Crippen LogP contribution < -0.4 is 10.1 Å². The van der Waals surface area contributed by atoms with Crippen molar-refractivity contribution >= 4 is 40.5 Å². The van der Waals surface area contributed by atoms with Crippen LogP contribution in [0.2, 0.25) is 15.1 Å². The van der Waals surface area contributed by atoms with E-state index in [1.54, 1.807) is 12.1 Å².